The highest BCUT2D eigenvalue weighted by Crippen LogP contribution is 2.44. The summed E-state index contributed by atoms with van der Waals surface area (Å²) in [4.78, 5) is 21.6. The van der Waals surface area contributed by atoms with Gasteiger partial charge in [0.1, 0.15) is 0 Å². The van der Waals surface area contributed by atoms with Crippen LogP contribution in [0.25, 0.3) is 11.1 Å². The summed E-state index contributed by atoms with van der Waals surface area (Å²) in [6.45, 7) is 2.45. The topological polar surface area (TPSA) is 151 Å². The lowest BCUT2D eigenvalue weighted by Crippen LogP contribution is -2.16. The van der Waals surface area contributed by atoms with Gasteiger partial charge in [0.25, 0.3) is 20.0 Å². The average molecular weight is 715 g/mol. The fraction of sp³-hybridized carbons (Fsp3) is 0.133. The third kappa shape index (κ3) is 8.62. The maximum atomic E-state index is 14.2. The molecule has 48 heavy (non-hydrogen) atoms. The van der Waals surface area contributed by atoms with E-state index in [4.69, 9.17) is 0 Å². The van der Waals surface area contributed by atoms with Crippen molar-refractivity contribution in [2.24, 2.45) is 0 Å². The molecule has 0 unspecified atom stereocenters. The van der Waals surface area contributed by atoms with Crippen LogP contribution in [0.1, 0.15) is 25.0 Å². The third-order valence-electron chi connectivity index (χ3n) is 6.41. The molecule has 0 aliphatic heterocycles. The number of halogens is 6. The first-order chi connectivity index (χ1) is 22.2. The maximum absolute atomic E-state index is 14.2. The number of rotatable bonds is 9. The van der Waals surface area contributed by atoms with E-state index in [1.165, 1.54) is 38.1 Å². The summed E-state index contributed by atoms with van der Waals surface area (Å²) in [7, 11) is -8.95. The molecular formula is C30H24F6N4O6S2. The molecule has 2 amide bonds. The second-order valence-electron chi connectivity index (χ2n) is 10.1. The Morgan fingerprint density at radius 2 is 0.792 bits per heavy atom. The predicted molar refractivity (Wildman–Crippen MR) is 165 cm³/mol. The van der Waals surface area contributed by atoms with Gasteiger partial charge in [-0.1, -0.05) is 12.1 Å². The molecule has 0 aromatic heterocycles. The smallest absolute Gasteiger partial charge is 0.326 e. The van der Waals surface area contributed by atoms with Crippen molar-refractivity contribution < 1.29 is 52.8 Å². The van der Waals surface area contributed by atoms with E-state index >= 15 is 0 Å². The fourth-order valence-corrected chi connectivity index (χ4v) is 6.52. The lowest BCUT2D eigenvalue weighted by molar-refractivity contribution is -0.139. The van der Waals surface area contributed by atoms with E-state index in [1.54, 1.807) is 0 Å². The van der Waals surface area contributed by atoms with Crippen LogP contribution in [0.4, 0.5) is 49.1 Å². The number of anilines is 4. The SMILES string of the molecule is CC(=O)Nc1ccc(S(=O)(=O)Nc2ccc(-c3ccc(NS(=O)(=O)c4ccc(NC(C)=O)cc4)cc3C(F)(F)F)c(C(F)(F)F)c2)cc1. The van der Waals surface area contributed by atoms with E-state index in [0.29, 0.717) is 24.3 Å². The zero-order chi connectivity index (χ0) is 35.7. The summed E-state index contributed by atoms with van der Waals surface area (Å²) in [5, 5.41) is 4.84. The van der Waals surface area contributed by atoms with E-state index in [0.717, 1.165) is 36.4 Å². The Balaban J connectivity index is 1.70. The molecule has 0 aliphatic rings. The van der Waals surface area contributed by atoms with Gasteiger partial charge < -0.3 is 10.6 Å². The monoisotopic (exact) mass is 714 g/mol. The van der Waals surface area contributed by atoms with Crippen LogP contribution < -0.4 is 20.1 Å². The van der Waals surface area contributed by atoms with Crippen LogP contribution in [0.5, 0.6) is 0 Å². The Hall–Kier alpha value is -5.10. The highest BCUT2D eigenvalue weighted by Gasteiger charge is 2.39. The molecule has 254 valence electrons. The number of alkyl halides is 6. The van der Waals surface area contributed by atoms with Gasteiger partial charge in [-0.05, 0) is 83.9 Å². The van der Waals surface area contributed by atoms with Gasteiger partial charge in [0.05, 0.1) is 20.9 Å². The lowest BCUT2D eigenvalue weighted by atomic mass is 9.94. The van der Waals surface area contributed by atoms with Crippen molar-refractivity contribution in [3.63, 3.8) is 0 Å². The molecule has 0 spiro atoms. The molecule has 0 saturated carbocycles. The molecule has 0 bridgehead atoms. The second-order valence-corrected chi connectivity index (χ2v) is 13.5. The standard InChI is InChI=1S/C30H24F6N4O6S2/c1-17(41)37-19-3-9-23(10-4-19)47(43,44)39-21-7-13-25(27(15-21)29(31,32)33)26-14-8-22(16-28(26)30(34,35)36)40-48(45,46)24-11-5-20(6-12-24)38-18(2)42/h3-16,39-40H,1-2H3,(H,37,41)(H,38,42). The Bertz CT molecular complexity index is 1930. The van der Waals surface area contributed by atoms with Gasteiger partial charge >= 0.3 is 12.4 Å². The Kier molecular flexibility index (Phi) is 9.82. The largest absolute Gasteiger partial charge is 0.417 e. The van der Waals surface area contributed by atoms with Crippen LogP contribution in [0.2, 0.25) is 0 Å². The summed E-state index contributed by atoms with van der Waals surface area (Å²) in [5.41, 5.74) is -5.85. The molecule has 0 saturated heterocycles. The first-order valence-corrected chi connectivity index (χ1v) is 16.4. The number of nitrogens with one attached hydrogen (secondary N) is 4. The van der Waals surface area contributed by atoms with Crippen LogP contribution in [-0.2, 0) is 42.0 Å². The predicted octanol–water partition coefficient (Wildman–Crippen LogP) is 6.91. The molecule has 4 N–H and O–H groups in total. The number of carbonyl (C=O) groups excluding carboxylic acids is 2. The zero-order valence-corrected chi connectivity index (χ0v) is 26.2. The minimum atomic E-state index is -5.26. The van der Waals surface area contributed by atoms with Gasteiger partial charge in [-0.15, -0.1) is 0 Å². The van der Waals surface area contributed by atoms with Crippen molar-refractivity contribution >= 4 is 54.6 Å². The van der Waals surface area contributed by atoms with E-state index in [1.807, 2.05) is 9.44 Å². The van der Waals surface area contributed by atoms with Crippen LogP contribution in [0.15, 0.2) is 94.7 Å². The summed E-state index contributed by atoms with van der Waals surface area (Å²) in [5.74, 6) is -0.862. The third-order valence-corrected chi connectivity index (χ3v) is 9.21. The minimum absolute atomic E-state index is 0.252. The molecule has 0 heterocycles. The van der Waals surface area contributed by atoms with Crippen LogP contribution in [-0.4, -0.2) is 28.6 Å². The van der Waals surface area contributed by atoms with Crippen molar-refractivity contribution in [2.45, 2.75) is 36.0 Å². The average Bonchev–Trinajstić information content (AvgIpc) is 2.96. The zero-order valence-electron chi connectivity index (χ0n) is 24.6. The lowest BCUT2D eigenvalue weighted by Gasteiger charge is -2.20. The van der Waals surface area contributed by atoms with Gasteiger partial charge in [-0.25, -0.2) is 16.8 Å². The molecule has 0 atom stereocenters. The summed E-state index contributed by atoms with van der Waals surface area (Å²) in [6.07, 6.45) is -10.5. The van der Waals surface area contributed by atoms with E-state index in [2.05, 4.69) is 10.6 Å². The molecule has 0 aliphatic carbocycles. The summed E-state index contributed by atoms with van der Waals surface area (Å²) < 4.78 is 141. The minimum Gasteiger partial charge on any atom is -0.326 e. The van der Waals surface area contributed by atoms with Crippen molar-refractivity contribution in [3.8, 4) is 11.1 Å². The van der Waals surface area contributed by atoms with Crippen molar-refractivity contribution in [2.75, 3.05) is 20.1 Å². The highest BCUT2D eigenvalue weighted by atomic mass is 32.2. The number of benzene rings is 4. The van der Waals surface area contributed by atoms with Crippen molar-refractivity contribution in [3.05, 3.63) is 96.1 Å². The number of sulfonamides is 2. The van der Waals surface area contributed by atoms with Crippen molar-refractivity contribution in [1.29, 1.82) is 0 Å². The van der Waals surface area contributed by atoms with Gasteiger partial charge in [0.15, 0.2) is 0 Å². The molecule has 10 nitrogen and oxygen atoms in total. The van der Waals surface area contributed by atoms with Crippen molar-refractivity contribution in [1.82, 2.24) is 0 Å². The second kappa shape index (κ2) is 13.2. The Morgan fingerprint density at radius 3 is 1.06 bits per heavy atom. The Labute approximate surface area is 270 Å². The summed E-state index contributed by atoms with van der Waals surface area (Å²) >= 11 is 0. The first-order valence-electron chi connectivity index (χ1n) is 13.4. The molecule has 0 fully saturated rings. The molecule has 0 radical (unpaired) electrons. The van der Waals surface area contributed by atoms with Crippen LogP contribution >= 0.6 is 0 Å². The fourth-order valence-electron chi connectivity index (χ4n) is 4.42. The normalized spacial score (nSPS) is 12.2. The van der Waals surface area contributed by atoms with Gasteiger partial charge in [0, 0.05) is 36.6 Å². The number of carbonyl (C=O) groups is 2. The highest BCUT2D eigenvalue weighted by molar-refractivity contribution is 7.93. The van der Waals surface area contributed by atoms with E-state index in [9.17, 15) is 52.8 Å². The van der Waals surface area contributed by atoms with Gasteiger partial charge in [0.2, 0.25) is 11.8 Å². The quantitative estimate of drug-likeness (QED) is 0.139. The molecule has 4 rings (SSSR count). The molecular weight excluding hydrogens is 690 g/mol. The number of amides is 2. The summed E-state index contributed by atoms with van der Waals surface area (Å²) in [6, 6.07) is 13.0. The van der Waals surface area contributed by atoms with Gasteiger partial charge in [-0.2, -0.15) is 26.3 Å². The van der Waals surface area contributed by atoms with E-state index < -0.39 is 77.8 Å². The number of hydrogen-bond donors (Lipinski definition) is 4. The Morgan fingerprint density at radius 1 is 0.500 bits per heavy atom. The van der Waals surface area contributed by atoms with Crippen LogP contribution in [0.3, 0.4) is 0 Å². The molecule has 4 aromatic rings. The van der Waals surface area contributed by atoms with Crippen LogP contribution in [0, 0.1) is 0 Å². The maximum Gasteiger partial charge on any atom is 0.417 e. The molecule has 18 heteroatoms. The first kappa shape index (κ1) is 35.7. The number of hydrogen-bond acceptors (Lipinski definition) is 6. The van der Waals surface area contributed by atoms with Gasteiger partial charge in [-0.3, -0.25) is 19.0 Å². The van der Waals surface area contributed by atoms with E-state index in [-0.39, 0.29) is 21.2 Å². The molecule has 4 aromatic carbocycles.